The maximum absolute atomic E-state index is 10.6. The lowest BCUT2D eigenvalue weighted by Crippen LogP contribution is -1.90. The summed E-state index contributed by atoms with van der Waals surface area (Å²) in [5.74, 6) is 0.0337. The third-order valence-electron chi connectivity index (χ3n) is 1.74. The minimum absolute atomic E-state index is 0.00694. The largest absolute Gasteiger partial charge is 0.508 e. The number of hydrogen-bond donors (Lipinski definition) is 1. The van der Waals surface area contributed by atoms with Gasteiger partial charge in [-0.25, -0.2) is 0 Å². The number of benzene rings is 1. The average molecular weight is 193 g/mol. The van der Waals surface area contributed by atoms with Gasteiger partial charge in [-0.2, -0.15) is 0 Å². The van der Waals surface area contributed by atoms with Crippen molar-refractivity contribution >= 4 is 11.8 Å². The minimum atomic E-state index is -0.464. The standard InChI is InChI=1S/C10H11NO3/c1-2-3-4-8-7-9(12)5-6-10(8)11(13)14/h3-7,12H,2H2,1H3/b4-3-. The normalized spacial score (nSPS) is 10.6. The molecular formula is C10H11NO3. The fourth-order valence-corrected chi connectivity index (χ4v) is 1.09. The predicted octanol–water partition coefficient (Wildman–Crippen LogP) is 2.72. The van der Waals surface area contributed by atoms with E-state index in [-0.39, 0.29) is 11.4 Å². The number of nitrogens with zero attached hydrogens (tertiary/aromatic N) is 1. The summed E-state index contributed by atoms with van der Waals surface area (Å²) in [6.07, 6.45) is 4.24. The molecule has 1 aromatic carbocycles. The summed E-state index contributed by atoms with van der Waals surface area (Å²) in [6, 6.07) is 3.98. The molecule has 0 bridgehead atoms. The summed E-state index contributed by atoms with van der Waals surface area (Å²) >= 11 is 0. The van der Waals surface area contributed by atoms with Crippen LogP contribution in [0, 0.1) is 10.1 Å². The molecule has 0 unspecified atom stereocenters. The van der Waals surface area contributed by atoms with Crippen molar-refractivity contribution in [1.29, 1.82) is 0 Å². The van der Waals surface area contributed by atoms with E-state index in [1.54, 1.807) is 6.08 Å². The molecule has 0 aliphatic carbocycles. The van der Waals surface area contributed by atoms with Crippen LogP contribution in [0.2, 0.25) is 0 Å². The molecule has 0 aliphatic heterocycles. The van der Waals surface area contributed by atoms with Crippen molar-refractivity contribution in [3.63, 3.8) is 0 Å². The van der Waals surface area contributed by atoms with E-state index in [2.05, 4.69) is 0 Å². The number of phenols is 1. The molecule has 0 radical (unpaired) electrons. The summed E-state index contributed by atoms with van der Waals surface area (Å²) in [6.45, 7) is 1.94. The Balaban J connectivity index is 3.15. The lowest BCUT2D eigenvalue weighted by molar-refractivity contribution is -0.385. The molecule has 1 rings (SSSR count). The number of allylic oxidation sites excluding steroid dienone is 1. The lowest BCUT2D eigenvalue weighted by atomic mass is 10.1. The van der Waals surface area contributed by atoms with Gasteiger partial charge in [0.1, 0.15) is 5.75 Å². The van der Waals surface area contributed by atoms with E-state index in [1.807, 2.05) is 13.0 Å². The monoisotopic (exact) mass is 193 g/mol. The Morgan fingerprint density at radius 1 is 1.57 bits per heavy atom. The Kier molecular flexibility index (Phi) is 3.23. The van der Waals surface area contributed by atoms with Gasteiger partial charge in [-0.3, -0.25) is 10.1 Å². The molecule has 0 fully saturated rings. The zero-order valence-electron chi connectivity index (χ0n) is 7.80. The quantitative estimate of drug-likeness (QED) is 0.593. The van der Waals surface area contributed by atoms with Crippen molar-refractivity contribution in [3.05, 3.63) is 40.0 Å². The second-order valence-electron chi connectivity index (χ2n) is 2.81. The molecule has 74 valence electrons. The van der Waals surface area contributed by atoms with E-state index in [0.29, 0.717) is 5.56 Å². The van der Waals surface area contributed by atoms with Crippen molar-refractivity contribution < 1.29 is 10.0 Å². The highest BCUT2D eigenvalue weighted by Gasteiger charge is 2.10. The van der Waals surface area contributed by atoms with Crippen LogP contribution in [-0.2, 0) is 0 Å². The van der Waals surface area contributed by atoms with Crippen LogP contribution >= 0.6 is 0 Å². The van der Waals surface area contributed by atoms with Gasteiger partial charge in [-0.05, 0) is 18.6 Å². The van der Waals surface area contributed by atoms with Crippen molar-refractivity contribution in [2.75, 3.05) is 0 Å². The van der Waals surface area contributed by atoms with E-state index < -0.39 is 4.92 Å². The van der Waals surface area contributed by atoms with Crippen molar-refractivity contribution in [3.8, 4) is 5.75 Å². The highest BCUT2D eigenvalue weighted by atomic mass is 16.6. The Hall–Kier alpha value is -1.84. The van der Waals surface area contributed by atoms with Crippen LogP contribution in [0.3, 0.4) is 0 Å². The molecule has 0 aliphatic rings. The van der Waals surface area contributed by atoms with Crippen LogP contribution in [0.5, 0.6) is 5.75 Å². The Bertz CT molecular complexity index is 372. The van der Waals surface area contributed by atoms with Gasteiger partial charge in [0.25, 0.3) is 5.69 Å². The SMILES string of the molecule is CC/C=C\c1cc(O)ccc1[N+](=O)[O-]. The molecule has 0 saturated heterocycles. The van der Waals surface area contributed by atoms with Gasteiger partial charge in [0, 0.05) is 6.07 Å². The number of rotatable bonds is 3. The zero-order valence-corrected chi connectivity index (χ0v) is 7.80. The number of nitro benzene ring substituents is 1. The van der Waals surface area contributed by atoms with Crippen molar-refractivity contribution in [2.24, 2.45) is 0 Å². The summed E-state index contributed by atoms with van der Waals surface area (Å²) < 4.78 is 0. The first-order valence-electron chi connectivity index (χ1n) is 4.29. The topological polar surface area (TPSA) is 63.4 Å². The highest BCUT2D eigenvalue weighted by molar-refractivity contribution is 5.62. The molecule has 0 aromatic heterocycles. The highest BCUT2D eigenvalue weighted by Crippen LogP contribution is 2.24. The third kappa shape index (κ3) is 2.32. The summed E-state index contributed by atoms with van der Waals surface area (Å²) in [5, 5.41) is 19.7. The third-order valence-corrected chi connectivity index (χ3v) is 1.74. The van der Waals surface area contributed by atoms with Gasteiger partial charge < -0.3 is 5.11 Å². The van der Waals surface area contributed by atoms with Gasteiger partial charge in [-0.1, -0.05) is 19.1 Å². The maximum Gasteiger partial charge on any atom is 0.276 e. The summed E-state index contributed by atoms with van der Waals surface area (Å²) in [4.78, 5) is 10.1. The fourth-order valence-electron chi connectivity index (χ4n) is 1.09. The first-order chi connectivity index (χ1) is 6.65. The smallest absolute Gasteiger partial charge is 0.276 e. The van der Waals surface area contributed by atoms with Crippen LogP contribution in [0.1, 0.15) is 18.9 Å². The van der Waals surface area contributed by atoms with Crippen LogP contribution in [0.4, 0.5) is 5.69 Å². The van der Waals surface area contributed by atoms with E-state index in [4.69, 9.17) is 5.11 Å². The molecule has 1 aromatic rings. The van der Waals surface area contributed by atoms with Crippen LogP contribution in [0.25, 0.3) is 6.08 Å². The van der Waals surface area contributed by atoms with Gasteiger partial charge >= 0.3 is 0 Å². The number of nitro groups is 1. The van der Waals surface area contributed by atoms with Crippen LogP contribution in [0.15, 0.2) is 24.3 Å². The maximum atomic E-state index is 10.6. The second-order valence-corrected chi connectivity index (χ2v) is 2.81. The van der Waals surface area contributed by atoms with Gasteiger partial charge in [0.15, 0.2) is 0 Å². The van der Waals surface area contributed by atoms with Crippen molar-refractivity contribution in [1.82, 2.24) is 0 Å². The number of aromatic hydroxyl groups is 1. The van der Waals surface area contributed by atoms with Crippen LogP contribution in [-0.4, -0.2) is 10.0 Å². The molecule has 4 heteroatoms. The molecule has 0 atom stereocenters. The van der Waals surface area contributed by atoms with Gasteiger partial charge in [0.2, 0.25) is 0 Å². The van der Waals surface area contributed by atoms with Gasteiger partial charge in [0.05, 0.1) is 10.5 Å². The first kappa shape index (κ1) is 10.2. The number of phenolic OH excluding ortho intramolecular Hbond substituents is 1. The molecule has 1 N–H and O–H groups in total. The molecule has 14 heavy (non-hydrogen) atoms. The van der Waals surface area contributed by atoms with Crippen LogP contribution < -0.4 is 0 Å². The molecule has 4 nitrogen and oxygen atoms in total. The average Bonchev–Trinajstić information content (AvgIpc) is 2.14. The van der Waals surface area contributed by atoms with E-state index >= 15 is 0 Å². The predicted molar refractivity (Wildman–Crippen MR) is 54.1 cm³/mol. The molecule has 0 spiro atoms. The van der Waals surface area contributed by atoms with E-state index in [1.165, 1.54) is 18.2 Å². The Morgan fingerprint density at radius 3 is 2.86 bits per heavy atom. The van der Waals surface area contributed by atoms with Crippen molar-refractivity contribution in [2.45, 2.75) is 13.3 Å². The Labute approximate surface area is 81.6 Å². The summed E-state index contributed by atoms with van der Waals surface area (Å²) in [5.41, 5.74) is 0.435. The Morgan fingerprint density at radius 2 is 2.29 bits per heavy atom. The van der Waals surface area contributed by atoms with E-state index in [0.717, 1.165) is 6.42 Å². The minimum Gasteiger partial charge on any atom is -0.508 e. The van der Waals surface area contributed by atoms with Gasteiger partial charge in [-0.15, -0.1) is 0 Å². The second kappa shape index (κ2) is 4.41. The zero-order chi connectivity index (χ0) is 10.6. The summed E-state index contributed by atoms with van der Waals surface area (Å²) in [7, 11) is 0. The molecule has 0 heterocycles. The lowest BCUT2D eigenvalue weighted by Gasteiger charge is -1.97. The molecule has 0 amide bonds. The first-order valence-corrected chi connectivity index (χ1v) is 4.29. The fraction of sp³-hybridized carbons (Fsp3) is 0.200. The number of hydrogen-bond acceptors (Lipinski definition) is 3. The molecular weight excluding hydrogens is 182 g/mol. The van der Waals surface area contributed by atoms with E-state index in [9.17, 15) is 10.1 Å². The molecule has 0 saturated carbocycles.